The molecular formula is C13H9ClF3N3O3. The number of alkyl halides is 3. The van der Waals surface area contributed by atoms with E-state index in [-0.39, 0.29) is 22.8 Å². The molecule has 0 saturated heterocycles. The van der Waals surface area contributed by atoms with Crippen LogP contribution in [-0.4, -0.2) is 23.1 Å². The fraction of sp³-hybridized carbons (Fsp3) is 0.231. The van der Waals surface area contributed by atoms with Crippen LogP contribution in [0.25, 0.3) is 0 Å². The lowest BCUT2D eigenvalue weighted by Gasteiger charge is -2.12. The van der Waals surface area contributed by atoms with Crippen LogP contribution in [0.5, 0.6) is 0 Å². The molecule has 0 spiro atoms. The van der Waals surface area contributed by atoms with Crippen LogP contribution >= 0.6 is 11.6 Å². The highest BCUT2D eigenvalue weighted by molar-refractivity contribution is 6.31. The molecule has 0 aliphatic heterocycles. The number of carbonyl (C=O) groups excluding carboxylic acids is 1. The molecule has 0 bridgehead atoms. The van der Waals surface area contributed by atoms with Crippen molar-refractivity contribution in [3.05, 3.63) is 40.5 Å². The van der Waals surface area contributed by atoms with Crippen molar-refractivity contribution in [2.24, 2.45) is 4.99 Å². The number of benzene rings is 1. The number of halogens is 4. The second-order valence-electron chi connectivity index (χ2n) is 4.30. The third-order valence-corrected chi connectivity index (χ3v) is 2.97. The Balaban J connectivity index is 2.53. The van der Waals surface area contributed by atoms with Crippen molar-refractivity contribution >= 4 is 29.2 Å². The largest absolute Gasteiger partial charge is 0.855 e. The van der Waals surface area contributed by atoms with Crippen LogP contribution in [-0.2, 0) is 6.54 Å². The minimum atomic E-state index is -5.18. The lowest BCUT2D eigenvalue weighted by atomic mass is 10.1. The van der Waals surface area contributed by atoms with Crippen molar-refractivity contribution in [1.82, 2.24) is 5.27 Å². The van der Waals surface area contributed by atoms with Crippen LogP contribution < -0.4 is 9.79 Å². The van der Waals surface area contributed by atoms with Gasteiger partial charge in [-0.3, -0.25) is 9.32 Å². The summed E-state index contributed by atoms with van der Waals surface area (Å²) in [6.07, 6.45) is -5.18. The van der Waals surface area contributed by atoms with Gasteiger partial charge in [0, 0.05) is 10.6 Å². The van der Waals surface area contributed by atoms with Crippen LogP contribution in [0.4, 0.5) is 19.1 Å². The van der Waals surface area contributed by atoms with E-state index in [4.69, 9.17) is 11.6 Å². The molecule has 0 fully saturated rings. The molecule has 6 nitrogen and oxygen atoms in total. The third-order valence-electron chi connectivity index (χ3n) is 2.73. The highest BCUT2D eigenvalue weighted by atomic mass is 35.5. The molecule has 0 radical (unpaired) electrons. The van der Waals surface area contributed by atoms with Gasteiger partial charge in [-0.25, -0.2) is 4.99 Å². The summed E-state index contributed by atoms with van der Waals surface area (Å²) >= 11 is 5.78. The lowest BCUT2D eigenvalue weighted by molar-refractivity contribution is -0.760. The van der Waals surface area contributed by atoms with E-state index in [1.165, 1.54) is 24.3 Å². The van der Waals surface area contributed by atoms with Gasteiger partial charge in [-0.1, -0.05) is 23.7 Å². The molecule has 0 N–H and O–H groups in total. The zero-order valence-electron chi connectivity index (χ0n) is 11.6. The van der Waals surface area contributed by atoms with Gasteiger partial charge in [0.1, 0.15) is 0 Å². The number of aryl methyl sites for hydroxylation is 1. The van der Waals surface area contributed by atoms with E-state index in [2.05, 4.69) is 14.8 Å². The van der Waals surface area contributed by atoms with Gasteiger partial charge in [-0.15, -0.1) is 0 Å². The summed E-state index contributed by atoms with van der Waals surface area (Å²) in [7, 11) is 0. The van der Waals surface area contributed by atoms with Gasteiger partial charge in [-0.05, 0) is 23.7 Å². The van der Waals surface area contributed by atoms with Gasteiger partial charge >= 0.3 is 17.8 Å². The van der Waals surface area contributed by atoms with Gasteiger partial charge < -0.3 is 5.11 Å². The number of rotatable bonds is 4. The van der Waals surface area contributed by atoms with Crippen LogP contribution in [0.15, 0.2) is 33.8 Å². The van der Waals surface area contributed by atoms with Crippen LogP contribution in [0.1, 0.15) is 23.0 Å². The van der Waals surface area contributed by atoms with E-state index < -0.39 is 23.7 Å². The zero-order chi connectivity index (χ0) is 17.2. The summed E-state index contributed by atoms with van der Waals surface area (Å²) in [5.41, 5.74) is -0.272. The standard InChI is InChI=1S/C13H9ClF3N3O3/c1-2-20-9(10(21)7-4-3-5-8(14)6-7)11(23-19-20)18-12(22)13(15,16)17/h3-6H,2H2,1H3. The highest BCUT2D eigenvalue weighted by Crippen LogP contribution is 2.23. The average molecular weight is 348 g/mol. The molecule has 10 heteroatoms. The fourth-order valence-electron chi connectivity index (χ4n) is 1.71. The molecular weight excluding hydrogens is 339 g/mol. The number of aromatic nitrogens is 2. The number of hydrogen-bond donors (Lipinski definition) is 0. The normalized spacial score (nSPS) is 12.5. The maximum absolute atomic E-state index is 12.5. The van der Waals surface area contributed by atoms with Crippen LogP contribution in [0.3, 0.4) is 0 Å². The quantitative estimate of drug-likeness (QED) is 0.365. The van der Waals surface area contributed by atoms with Crippen molar-refractivity contribution in [1.29, 1.82) is 0 Å². The lowest BCUT2D eigenvalue weighted by Crippen LogP contribution is -2.40. The minimum Gasteiger partial charge on any atom is -0.855 e. The second kappa shape index (κ2) is 6.37. The summed E-state index contributed by atoms with van der Waals surface area (Å²) in [5, 5.41) is 14.7. The Kier molecular flexibility index (Phi) is 4.69. The topological polar surface area (TPSA) is 82.4 Å². The number of ketones is 1. The first-order valence-electron chi connectivity index (χ1n) is 6.27. The number of hydrogen-bond acceptors (Lipinski definition) is 5. The fourth-order valence-corrected chi connectivity index (χ4v) is 1.90. The highest BCUT2D eigenvalue weighted by Gasteiger charge is 2.34. The van der Waals surface area contributed by atoms with Crippen molar-refractivity contribution in [3.8, 4) is 0 Å². The molecule has 1 aromatic carbocycles. The van der Waals surface area contributed by atoms with Crippen molar-refractivity contribution in [2.45, 2.75) is 19.6 Å². The molecule has 0 unspecified atom stereocenters. The Morgan fingerprint density at radius 2 is 2.17 bits per heavy atom. The number of aliphatic imine (C=N–C) groups is 1. The Hall–Kier alpha value is -2.42. The Morgan fingerprint density at radius 1 is 1.48 bits per heavy atom. The third kappa shape index (κ3) is 3.67. The molecule has 0 saturated carbocycles. The maximum Gasteiger partial charge on any atom is 0.419 e. The molecule has 23 heavy (non-hydrogen) atoms. The molecule has 0 atom stereocenters. The van der Waals surface area contributed by atoms with E-state index in [0.717, 1.165) is 4.68 Å². The Bertz CT molecular complexity index is 771. The molecule has 1 heterocycles. The first-order chi connectivity index (χ1) is 10.7. The van der Waals surface area contributed by atoms with Crippen molar-refractivity contribution < 1.29 is 32.3 Å². The van der Waals surface area contributed by atoms with Crippen molar-refractivity contribution in [2.75, 3.05) is 0 Å². The van der Waals surface area contributed by atoms with Crippen LogP contribution in [0.2, 0.25) is 5.02 Å². The first kappa shape index (κ1) is 16.9. The molecule has 1 aromatic heterocycles. The molecule has 0 aliphatic rings. The average Bonchev–Trinajstić information content (AvgIpc) is 2.88. The molecule has 0 amide bonds. The molecule has 2 rings (SSSR count). The van der Waals surface area contributed by atoms with Crippen molar-refractivity contribution in [3.63, 3.8) is 0 Å². The Labute approximate surface area is 132 Å². The molecule has 2 aromatic rings. The Morgan fingerprint density at radius 3 is 2.74 bits per heavy atom. The summed E-state index contributed by atoms with van der Waals surface area (Å²) in [6.45, 7) is 1.72. The van der Waals surface area contributed by atoms with Gasteiger partial charge in [0.2, 0.25) is 5.27 Å². The smallest absolute Gasteiger partial charge is 0.419 e. The second-order valence-corrected chi connectivity index (χ2v) is 4.73. The van der Waals surface area contributed by atoms with E-state index in [0.29, 0.717) is 0 Å². The SMILES string of the molecule is CC[n+]1noc(/N=C(\[O-])C(F)(F)F)c1C(=O)c1cccc(Cl)c1. The molecule has 122 valence electrons. The van der Waals surface area contributed by atoms with Gasteiger partial charge in [-0.2, -0.15) is 13.2 Å². The summed E-state index contributed by atoms with van der Waals surface area (Å²) < 4.78 is 42.6. The summed E-state index contributed by atoms with van der Waals surface area (Å²) in [4.78, 5) is 15.3. The molecule has 0 aliphatic carbocycles. The maximum atomic E-state index is 12.5. The van der Waals surface area contributed by atoms with E-state index in [9.17, 15) is 23.1 Å². The number of carbonyl (C=O) groups is 1. The van der Waals surface area contributed by atoms with E-state index in [1.807, 2.05) is 0 Å². The van der Waals surface area contributed by atoms with E-state index >= 15 is 0 Å². The van der Waals surface area contributed by atoms with Gasteiger partial charge in [0.25, 0.3) is 5.78 Å². The van der Waals surface area contributed by atoms with Crippen LogP contribution in [0, 0.1) is 0 Å². The van der Waals surface area contributed by atoms with Gasteiger partial charge in [0.05, 0.1) is 5.90 Å². The first-order valence-corrected chi connectivity index (χ1v) is 6.64. The van der Waals surface area contributed by atoms with Gasteiger partial charge in [0.15, 0.2) is 6.54 Å². The summed E-state index contributed by atoms with van der Waals surface area (Å²) in [6, 6.07) is 5.76. The van der Waals surface area contributed by atoms with E-state index in [1.54, 1.807) is 6.92 Å². The predicted molar refractivity (Wildman–Crippen MR) is 70.4 cm³/mol. The zero-order valence-corrected chi connectivity index (χ0v) is 12.4. The minimum absolute atomic E-state index is 0.0961. The monoisotopic (exact) mass is 347 g/mol. The predicted octanol–water partition coefficient (Wildman–Crippen LogP) is 1.82. The number of nitrogens with zero attached hydrogens (tertiary/aromatic N) is 3. The summed E-state index contributed by atoms with van der Waals surface area (Å²) in [5.74, 6) is -3.92.